The summed E-state index contributed by atoms with van der Waals surface area (Å²) in [4.78, 5) is 38.3. The van der Waals surface area contributed by atoms with Gasteiger partial charge >= 0.3 is 0 Å². The van der Waals surface area contributed by atoms with Gasteiger partial charge in [0.25, 0.3) is 11.1 Å². The number of carbonyl (C=O) groups excluding carboxylic acids is 3. The second-order valence-corrected chi connectivity index (χ2v) is 8.30. The summed E-state index contributed by atoms with van der Waals surface area (Å²) in [6.07, 6.45) is 6.64. The number of anilines is 1. The van der Waals surface area contributed by atoms with Crippen LogP contribution in [-0.4, -0.2) is 35.1 Å². The summed E-state index contributed by atoms with van der Waals surface area (Å²) < 4.78 is 5.30. The molecule has 1 N–H and O–H groups in total. The lowest BCUT2D eigenvalue weighted by Gasteiger charge is -2.12. The van der Waals surface area contributed by atoms with Crippen molar-refractivity contribution in [3.05, 3.63) is 62.5 Å². The van der Waals surface area contributed by atoms with Crippen LogP contribution in [0, 0.1) is 19.3 Å². The number of ether oxygens (including phenoxy) is 1. The van der Waals surface area contributed by atoms with E-state index >= 15 is 0 Å². The zero-order valence-corrected chi connectivity index (χ0v) is 18.6. The average molecular weight is 475 g/mol. The molecule has 0 aliphatic carbocycles. The number of aryl methyl sites for hydroxylation is 1. The molecule has 0 saturated carbocycles. The minimum atomic E-state index is -0.575. The molecule has 3 amide bonds. The van der Waals surface area contributed by atoms with E-state index in [2.05, 4.69) is 11.2 Å². The smallest absolute Gasteiger partial charge is 0.294 e. The molecule has 31 heavy (non-hydrogen) atoms. The highest BCUT2D eigenvalue weighted by atomic mass is 35.5. The Hall–Kier alpha value is -2.92. The number of hydrogen-bond acceptors (Lipinski definition) is 5. The Labute approximate surface area is 193 Å². The van der Waals surface area contributed by atoms with Gasteiger partial charge < -0.3 is 10.1 Å². The van der Waals surface area contributed by atoms with Crippen LogP contribution in [0.15, 0.2) is 41.3 Å². The monoisotopic (exact) mass is 474 g/mol. The summed E-state index contributed by atoms with van der Waals surface area (Å²) in [6.45, 7) is 1.50. The highest BCUT2D eigenvalue weighted by molar-refractivity contribution is 8.18. The third-order valence-electron chi connectivity index (χ3n) is 4.10. The maximum atomic E-state index is 12.7. The van der Waals surface area contributed by atoms with Crippen molar-refractivity contribution in [2.45, 2.75) is 6.92 Å². The maximum Gasteiger partial charge on any atom is 0.294 e. The molecule has 1 aliphatic rings. The minimum absolute atomic E-state index is 0.00227. The number of thioether (sulfide) groups is 1. The molecule has 0 radical (unpaired) electrons. The van der Waals surface area contributed by atoms with Crippen molar-refractivity contribution in [1.29, 1.82) is 0 Å². The van der Waals surface area contributed by atoms with Crippen LogP contribution in [0.4, 0.5) is 10.5 Å². The van der Waals surface area contributed by atoms with Crippen molar-refractivity contribution < 1.29 is 19.1 Å². The zero-order valence-electron chi connectivity index (χ0n) is 16.3. The van der Waals surface area contributed by atoms with Crippen LogP contribution in [-0.2, 0) is 9.59 Å². The molecule has 0 atom stereocenters. The Bertz CT molecular complexity index is 1120. The lowest BCUT2D eigenvalue weighted by Crippen LogP contribution is -2.36. The van der Waals surface area contributed by atoms with E-state index in [-0.39, 0.29) is 27.3 Å². The molecule has 0 unspecified atom stereocenters. The molecule has 2 aromatic rings. The Morgan fingerprint density at radius 3 is 2.61 bits per heavy atom. The fourth-order valence-corrected chi connectivity index (χ4v) is 4.22. The van der Waals surface area contributed by atoms with Crippen molar-refractivity contribution in [3.63, 3.8) is 0 Å². The quantitative estimate of drug-likeness (QED) is 0.471. The van der Waals surface area contributed by atoms with Crippen LogP contribution in [0.5, 0.6) is 5.75 Å². The lowest BCUT2D eigenvalue weighted by molar-refractivity contribution is -0.127. The molecule has 0 bridgehead atoms. The standard InChI is InChI=1S/C22H16Cl2N2O4S/c1-3-7-30-20-16(23)9-14(10-17(20)24)11-18-21(28)26(22(29)31-18)12-19(27)25-15-6-4-5-13(2)8-15/h1,4-6,8-11H,7,12H2,2H3,(H,25,27). The number of rotatable bonds is 6. The summed E-state index contributed by atoms with van der Waals surface area (Å²) >= 11 is 13.1. The topological polar surface area (TPSA) is 75.7 Å². The predicted octanol–water partition coefficient (Wildman–Crippen LogP) is 4.99. The van der Waals surface area contributed by atoms with Gasteiger partial charge in [-0.25, -0.2) is 0 Å². The molecule has 1 saturated heterocycles. The van der Waals surface area contributed by atoms with E-state index in [0.717, 1.165) is 22.2 Å². The molecular formula is C22H16Cl2N2O4S. The molecule has 0 spiro atoms. The molecule has 3 rings (SSSR count). The van der Waals surface area contributed by atoms with Gasteiger partial charge in [0, 0.05) is 5.69 Å². The van der Waals surface area contributed by atoms with Gasteiger partial charge in [0.1, 0.15) is 13.2 Å². The maximum absolute atomic E-state index is 12.7. The molecule has 1 aliphatic heterocycles. The van der Waals surface area contributed by atoms with E-state index in [1.807, 2.05) is 13.0 Å². The van der Waals surface area contributed by atoms with E-state index in [1.54, 1.807) is 18.2 Å². The van der Waals surface area contributed by atoms with Crippen LogP contribution in [0.2, 0.25) is 10.0 Å². The van der Waals surface area contributed by atoms with Crippen molar-refractivity contribution in [1.82, 2.24) is 4.90 Å². The highest BCUT2D eigenvalue weighted by Gasteiger charge is 2.36. The third kappa shape index (κ3) is 5.61. The van der Waals surface area contributed by atoms with E-state index in [1.165, 1.54) is 18.2 Å². The minimum Gasteiger partial charge on any atom is -0.478 e. The molecule has 9 heteroatoms. The second-order valence-electron chi connectivity index (χ2n) is 6.49. The molecule has 2 aromatic carbocycles. The van der Waals surface area contributed by atoms with Gasteiger partial charge in [-0.1, -0.05) is 41.3 Å². The second kappa shape index (κ2) is 9.92. The third-order valence-corrected chi connectivity index (χ3v) is 5.56. The summed E-state index contributed by atoms with van der Waals surface area (Å²) in [6, 6.07) is 10.3. The number of amides is 3. The number of nitrogens with zero attached hydrogens (tertiary/aromatic N) is 1. The van der Waals surface area contributed by atoms with Gasteiger partial charge in [-0.3, -0.25) is 19.3 Å². The van der Waals surface area contributed by atoms with Crippen molar-refractivity contribution >= 4 is 63.8 Å². The zero-order chi connectivity index (χ0) is 22.5. The van der Waals surface area contributed by atoms with Gasteiger partial charge in [-0.05, 0) is 60.2 Å². The van der Waals surface area contributed by atoms with E-state index in [0.29, 0.717) is 11.3 Å². The lowest BCUT2D eigenvalue weighted by atomic mass is 10.2. The summed E-state index contributed by atoms with van der Waals surface area (Å²) in [5, 5.41) is 2.56. The Kier molecular flexibility index (Phi) is 7.29. The van der Waals surface area contributed by atoms with Crippen LogP contribution in [0.1, 0.15) is 11.1 Å². The predicted molar refractivity (Wildman–Crippen MR) is 123 cm³/mol. The van der Waals surface area contributed by atoms with Crippen LogP contribution in [0.25, 0.3) is 6.08 Å². The number of terminal acetylenes is 1. The van der Waals surface area contributed by atoms with Crippen LogP contribution >= 0.6 is 35.0 Å². The first-order chi connectivity index (χ1) is 14.8. The number of benzene rings is 2. The van der Waals surface area contributed by atoms with Crippen LogP contribution < -0.4 is 10.1 Å². The van der Waals surface area contributed by atoms with Crippen molar-refractivity contribution in [2.75, 3.05) is 18.5 Å². The Morgan fingerprint density at radius 2 is 1.97 bits per heavy atom. The summed E-state index contributed by atoms with van der Waals surface area (Å²) in [5.41, 5.74) is 2.06. The molecule has 1 fully saturated rings. The fourth-order valence-electron chi connectivity index (χ4n) is 2.77. The van der Waals surface area contributed by atoms with Gasteiger partial charge in [-0.2, -0.15) is 0 Å². The molecule has 6 nitrogen and oxygen atoms in total. The first-order valence-corrected chi connectivity index (χ1v) is 10.5. The van der Waals surface area contributed by atoms with Gasteiger partial charge in [0.05, 0.1) is 15.0 Å². The normalized spacial score (nSPS) is 14.6. The fraction of sp³-hybridized carbons (Fsp3) is 0.136. The van der Waals surface area contributed by atoms with E-state index in [4.69, 9.17) is 34.4 Å². The summed E-state index contributed by atoms with van der Waals surface area (Å²) in [7, 11) is 0. The number of halogens is 2. The highest BCUT2D eigenvalue weighted by Crippen LogP contribution is 2.37. The number of hydrogen-bond donors (Lipinski definition) is 1. The van der Waals surface area contributed by atoms with E-state index < -0.39 is 23.6 Å². The number of imide groups is 1. The first-order valence-electron chi connectivity index (χ1n) is 8.95. The number of carbonyl (C=O) groups is 3. The SMILES string of the molecule is C#CCOc1c(Cl)cc(C=C2SC(=O)N(CC(=O)Nc3cccc(C)c3)C2=O)cc1Cl. The van der Waals surface area contributed by atoms with Gasteiger partial charge in [0.15, 0.2) is 5.75 Å². The average Bonchev–Trinajstić information content (AvgIpc) is 2.95. The van der Waals surface area contributed by atoms with Crippen molar-refractivity contribution in [3.8, 4) is 18.1 Å². The number of nitrogens with one attached hydrogen (secondary N) is 1. The first kappa shape index (κ1) is 22.8. The van der Waals surface area contributed by atoms with Gasteiger partial charge in [0.2, 0.25) is 5.91 Å². The molecule has 158 valence electrons. The van der Waals surface area contributed by atoms with Gasteiger partial charge in [-0.15, -0.1) is 6.42 Å². The Morgan fingerprint density at radius 1 is 1.26 bits per heavy atom. The molecule has 1 heterocycles. The Balaban J connectivity index is 1.73. The molecule has 0 aromatic heterocycles. The van der Waals surface area contributed by atoms with E-state index in [9.17, 15) is 14.4 Å². The largest absolute Gasteiger partial charge is 0.478 e. The molecular weight excluding hydrogens is 459 g/mol. The summed E-state index contributed by atoms with van der Waals surface area (Å²) in [5.74, 6) is 1.50. The van der Waals surface area contributed by atoms with Crippen LogP contribution in [0.3, 0.4) is 0 Å². The van der Waals surface area contributed by atoms with Crippen molar-refractivity contribution in [2.24, 2.45) is 0 Å².